The van der Waals surface area contributed by atoms with E-state index in [0.717, 1.165) is 6.42 Å². The molecule has 2 rings (SSSR count). The lowest BCUT2D eigenvalue weighted by Gasteiger charge is -2.12. The van der Waals surface area contributed by atoms with Gasteiger partial charge >= 0.3 is 0 Å². The first-order valence-electron chi connectivity index (χ1n) is 3.21. The molecule has 1 aliphatic carbocycles. The molecular weight excluding hydrogens is 114 g/mol. The molecule has 0 aromatic carbocycles. The maximum atomic E-state index is 11.0. The maximum Gasteiger partial charge on any atom is 0.230 e. The predicted molar refractivity (Wildman–Crippen MR) is 33.8 cm³/mol. The summed E-state index contributed by atoms with van der Waals surface area (Å²) in [5, 5.41) is 2.87. The fraction of sp³-hybridized carbons (Fsp3) is 0.571. The van der Waals surface area contributed by atoms with Crippen molar-refractivity contribution in [2.24, 2.45) is 5.41 Å². The summed E-state index contributed by atoms with van der Waals surface area (Å²) in [6, 6.07) is 0.336. The Labute approximate surface area is 53.9 Å². The molecule has 1 saturated heterocycles. The van der Waals surface area contributed by atoms with Gasteiger partial charge in [-0.05, 0) is 13.3 Å². The second-order valence-electron chi connectivity index (χ2n) is 3.06. The summed E-state index contributed by atoms with van der Waals surface area (Å²) < 4.78 is 0. The molecule has 2 nitrogen and oxygen atoms in total. The topological polar surface area (TPSA) is 29.1 Å². The molecule has 1 N–H and O–H groups in total. The highest BCUT2D eigenvalue weighted by atomic mass is 16.2. The molecule has 2 unspecified atom stereocenters. The Bertz CT molecular complexity index is 197. The van der Waals surface area contributed by atoms with Gasteiger partial charge in [0.25, 0.3) is 0 Å². The lowest BCUT2D eigenvalue weighted by Crippen LogP contribution is -2.31. The van der Waals surface area contributed by atoms with Gasteiger partial charge in [-0.1, -0.05) is 12.2 Å². The number of rotatable bonds is 0. The monoisotopic (exact) mass is 123 g/mol. The van der Waals surface area contributed by atoms with E-state index in [9.17, 15) is 4.79 Å². The average Bonchev–Trinajstić information content (AvgIpc) is 2.22. The molecule has 0 radical (unpaired) electrons. The molecular formula is C7H9NO. The third-order valence-corrected chi connectivity index (χ3v) is 2.18. The molecule has 0 spiro atoms. The van der Waals surface area contributed by atoms with Crippen molar-refractivity contribution in [1.82, 2.24) is 5.32 Å². The van der Waals surface area contributed by atoms with Crippen molar-refractivity contribution >= 4 is 5.91 Å². The molecule has 48 valence electrons. The third-order valence-electron chi connectivity index (χ3n) is 2.18. The molecule has 1 aliphatic heterocycles. The van der Waals surface area contributed by atoms with Crippen LogP contribution in [0.15, 0.2) is 12.2 Å². The summed E-state index contributed by atoms with van der Waals surface area (Å²) in [7, 11) is 0. The summed E-state index contributed by atoms with van der Waals surface area (Å²) in [6.45, 7) is 1.98. The van der Waals surface area contributed by atoms with Crippen LogP contribution in [0.5, 0.6) is 0 Å². The summed E-state index contributed by atoms with van der Waals surface area (Å²) in [6.07, 6.45) is 5.05. The highest BCUT2D eigenvalue weighted by Gasteiger charge is 2.43. The highest BCUT2D eigenvalue weighted by Crippen LogP contribution is 2.36. The molecule has 0 aromatic rings. The van der Waals surface area contributed by atoms with Gasteiger partial charge < -0.3 is 5.32 Å². The Morgan fingerprint density at radius 1 is 1.89 bits per heavy atom. The van der Waals surface area contributed by atoms with Gasteiger partial charge in [0, 0.05) is 6.04 Å². The Morgan fingerprint density at radius 2 is 2.67 bits per heavy atom. The van der Waals surface area contributed by atoms with E-state index in [1.165, 1.54) is 0 Å². The van der Waals surface area contributed by atoms with E-state index < -0.39 is 0 Å². The number of amides is 1. The van der Waals surface area contributed by atoms with Gasteiger partial charge in [0.2, 0.25) is 5.91 Å². The largest absolute Gasteiger partial charge is 0.349 e. The van der Waals surface area contributed by atoms with Crippen LogP contribution in [0.2, 0.25) is 0 Å². The minimum Gasteiger partial charge on any atom is -0.349 e. The smallest absolute Gasteiger partial charge is 0.230 e. The number of fused-ring (bicyclic) bond motifs is 2. The van der Waals surface area contributed by atoms with Crippen LogP contribution in [0, 0.1) is 5.41 Å². The number of hydrogen-bond donors (Lipinski definition) is 1. The quantitative estimate of drug-likeness (QED) is 0.465. The Morgan fingerprint density at radius 3 is 2.89 bits per heavy atom. The van der Waals surface area contributed by atoms with Gasteiger partial charge in [-0.2, -0.15) is 0 Å². The van der Waals surface area contributed by atoms with Gasteiger partial charge in [-0.3, -0.25) is 4.79 Å². The van der Waals surface area contributed by atoms with E-state index in [1.54, 1.807) is 0 Å². The number of carbonyl (C=O) groups excluding carboxylic acids is 1. The fourth-order valence-electron chi connectivity index (χ4n) is 1.52. The first kappa shape index (κ1) is 5.03. The minimum atomic E-state index is -0.162. The van der Waals surface area contributed by atoms with Crippen LogP contribution in [-0.2, 0) is 4.79 Å². The molecule has 1 amide bonds. The van der Waals surface area contributed by atoms with Crippen LogP contribution >= 0.6 is 0 Å². The standard InChI is InChI=1S/C7H9NO/c1-7-3-2-5(4-7)8-6(7)9/h2-3,5H,4H2,1H3,(H,8,9). The first-order chi connectivity index (χ1) is 4.21. The summed E-state index contributed by atoms with van der Waals surface area (Å²) in [5.41, 5.74) is -0.162. The van der Waals surface area contributed by atoms with E-state index in [4.69, 9.17) is 0 Å². The molecule has 2 aliphatic rings. The molecule has 2 bridgehead atoms. The lowest BCUT2D eigenvalue weighted by atomic mass is 9.92. The van der Waals surface area contributed by atoms with Crippen molar-refractivity contribution < 1.29 is 4.79 Å². The van der Waals surface area contributed by atoms with E-state index in [0.29, 0.717) is 6.04 Å². The van der Waals surface area contributed by atoms with Crippen LogP contribution in [0.3, 0.4) is 0 Å². The third kappa shape index (κ3) is 0.479. The van der Waals surface area contributed by atoms with E-state index in [1.807, 2.05) is 13.0 Å². The van der Waals surface area contributed by atoms with E-state index in [2.05, 4.69) is 11.4 Å². The molecule has 1 heterocycles. The Balaban J connectivity index is 2.44. The van der Waals surface area contributed by atoms with E-state index in [-0.39, 0.29) is 11.3 Å². The maximum absolute atomic E-state index is 11.0. The van der Waals surface area contributed by atoms with Crippen LogP contribution < -0.4 is 5.32 Å². The predicted octanol–water partition coefficient (Wildman–Crippen LogP) is 0.451. The molecule has 9 heavy (non-hydrogen) atoms. The van der Waals surface area contributed by atoms with Crippen molar-refractivity contribution in [2.45, 2.75) is 19.4 Å². The molecule has 0 aromatic heterocycles. The van der Waals surface area contributed by atoms with Gasteiger partial charge in [0.15, 0.2) is 0 Å². The van der Waals surface area contributed by atoms with Gasteiger partial charge in [0.1, 0.15) is 0 Å². The lowest BCUT2D eigenvalue weighted by molar-refractivity contribution is -0.125. The van der Waals surface area contributed by atoms with Crippen molar-refractivity contribution in [1.29, 1.82) is 0 Å². The second-order valence-corrected chi connectivity index (χ2v) is 3.06. The zero-order valence-electron chi connectivity index (χ0n) is 5.35. The van der Waals surface area contributed by atoms with Crippen molar-refractivity contribution in [2.75, 3.05) is 0 Å². The number of hydrogen-bond acceptors (Lipinski definition) is 1. The SMILES string of the molecule is CC12C=CC(C1)NC2=O. The van der Waals surface area contributed by atoms with E-state index >= 15 is 0 Å². The number of carbonyl (C=O) groups is 1. The summed E-state index contributed by atoms with van der Waals surface area (Å²) in [5.74, 6) is 0.190. The van der Waals surface area contributed by atoms with Gasteiger partial charge in [-0.15, -0.1) is 0 Å². The van der Waals surface area contributed by atoms with Crippen molar-refractivity contribution in [3.05, 3.63) is 12.2 Å². The van der Waals surface area contributed by atoms with Gasteiger partial charge in [-0.25, -0.2) is 0 Å². The normalized spacial score (nSPS) is 45.9. The van der Waals surface area contributed by atoms with Crippen LogP contribution in [0.4, 0.5) is 0 Å². The zero-order chi connectivity index (χ0) is 6.48. The Kier molecular flexibility index (Phi) is 0.672. The minimum absolute atomic E-state index is 0.162. The fourth-order valence-corrected chi connectivity index (χ4v) is 1.52. The Hall–Kier alpha value is -0.790. The summed E-state index contributed by atoms with van der Waals surface area (Å²) in [4.78, 5) is 11.0. The number of nitrogens with one attached hydrogen (secondary N) is 1. The van der Waals surface area contributed by atoms with Crippen LogP contribution in [0.25, 0.3) is 0 Å². The average molecular weight is 123 g/mol. The van der Waals surface area contributed by atoms with Crippen molar-refractivity contribution in [3.8, 4) is 0 Å². The van der Waals surface area contributed by atoms with Crippen LogP contribution in [-0.4, -0.2) is 11.9 Å². The van der Waals surface area contributed by atoms with Crippen molar-refractivity contribution in [3.63, 3.8) is 0 Å². The second kappa shape index (κ2) is 1.20. The highest BCUT2D eigenvalue weighted by molar-refractivity contribution is 5.88. The summed E-state index contributed by atoms with van der Waals surface area (Å²) >= 11 is 0. The molecule has 2 atom stereocenters. The molecule has 1 fully saturated rings. The molecule has 0 saturated carbocycles. The van der Waals surface area contributed by atoms with Gasteiger partial charge in [0.05, 0.1) is 5.41 Å². The zero-order valence-corrected chi connectivity index (χ0v) is 5.35. The van der Waals surface area contributed by atoms with Crippen LogP contribution in [0.1, 0.15) is 13.3 Å². The first-order valence-corrected chi connectivity index (χ1v) is 3.21. The molecule has 2 heteroatoms.